The molecule has 0 bridgehead atoms. The summed E-state index contributed by atoms with van der Waals surface area (Å²) in [4.78, 5) is 26.6. The van der Waals surface area contributed by atoms with E-state index in [0.29, 0.717) is 30.3 Å². The highest BCUT2D eigenvalue weighted by Gasteiger charge is 2.31. The largest absolute Gasteiger partial charge is 0.496 e. The van der Waals surface area contributed by atoms with Crippen molar-refractivity contribution < 1.29 is 14.3 Å². The molecule has 24 heavy (non-hydrogen) atoms. The van der Waals surface area contributed by atoms with E-state index in [1.807, 2.05) is 17.9 Å². The zero-order chi connectivity index (χ0) is 17.0. The molecule has 1 aliphatic rings. The van der Waals surface area contributed by atoms with Gasteiger partial charge in [0.1, 0.15) is 5.75 Å². The van der Waals surface area contributed by atoms with Crippen LogP contribution in [0.15, 0.2) is 22.7 Å². The molecule has 0 radical (unpaired) electrons. The number of ketones is 1. The van der Waals surface area contributed by atoms with E-state index in [0.717, 1.165) is 10.9 Å². The molecule has 0 spiro atoms. The van der Waals surface area contributed by atoms with E-state index >= 15 is 0 Å². The molecule has 0 aliphatic carbocycles. The van der Waals surface area contributed by atoms with Gasteiger partial charge in [-0.1, -0.05) is 15.9 Å². The van der Waals surface area contributed by atoms with Gasteiger partial charge in [-0.3, -0.25) is 9.59 Å². The van der Waals surface area contributed by atoms with Gasteiger partial charge < -0.3 is 15.4 Å². The van der Waals surface area contributed by atoms with Crippen molar-refractivity contribution >= 4 is 40.0 Å². The highest BCUT2D eigenvalue weighted by Crippen LogP contribution is 2.26. The van der Waals surface area contributed by atoms with Crippen molar-refractivity contribution in [2.24, 2.45) is 11.7 Å². The Bertz CT molecular complexity index is 597. The number of rotatable bonds is 6. The monoisotopic (exact) mass is 418 g/mol. The number of methoxy groups -OCH3 is 1. The van der Waals surface area contributed by atoms with Crippen molar-refractivity contribution in [3.8, 4) is 5.75 Å². The Balaban J connectivity index is 0.00000288. The van der Waals surface area contributed by atoms with Crippen molar-refractivity contribution in [1.29, 1.82) is 0 Å². The van der Waals surface area contributed by atoms with Crippen molar-refractivity contribution in [3.63, 3.8) is 0 Å². The van der Waals surface area contributed by atoms with Crippen molar-refractivity contribution in [1.82, 2.24) is 4.90 Å². The number of ether oxygens (including phenoxy) is 1. The van der Waals surface area contributed by atoms with Crippen LogP contribution in [0, 0.1) is 5.92 Å². The second-order valence-corrected chi connectivity index (χ2v) is 6.92. The van der Waals surface area contributed by atoms with Crippen LogP contribution in [0.3, 0.4) is 0 Å². The van der Waals surface area contributed by atoms with E-state index in [9.17, 15) is 9.59 Å². The van der Waals surface area contributed by atoms with Gasteiger partial charge in [0.2, 0.25) is 5.91 Å². The highest BCUT2D eigenvalue weighted by molar-refractivity contribution is 9.10. The third-order valence-electron chi connectivity index (χ3n) is 4.34. The van der Waals surface area contributed by atoms with Gasteiger partial charge in [-0.15, -0.1) is 12.4 Å². The molecule has 1 aromatic rings. The maximum absolute atomic E-state index is 12.4. The smallest absolute Gasteiger partial charge is 0.223 e. The number of likely N-dealkylation sites (tertiary alicyclic amines) is 1. The Kier molecular flexibility index (Phi) is 8.19. The minimum Gasteiger partial charge on any atom is -0.496 e. The summed E-state index contributed by atoms with van der Waals surface area (Å²) in [5.74, 6) is 0.840. The van der Waals surface area contributed by atoms with Gasteiger partial charge in [-0.25, -0.2) is 0 Å². The number of carbonyl (C=O) groups excluding carboxylic acids is 2. The Morgan fingerprint density at radius 1 is 1.38 bits per heavy atom. The molecule has 1 aromatic carbocycles. The van der Waals surface area contributed by atoms with Crippen molar-refractivity contribution in [3.05, 3.63) is 28.2 Å². The molecular formula is C17H24BrClN2O3. The molecule has 1 saturated heterocycles. The second kappa shape index (κ2) is 9.39. The first-order valence-corrected chi connectivity index (χ1v) is 8.61. The molecule has 1 fully saturated rings. The van der Waals surface area contributed by atoms with Crippen LogP contribution >= 0.6 is 28.3 Å². The third-order valence-corrected chi connectivity index (χ3v) is 4.84. The fraction of sp³-hybridized carbons (Fsp3) is 0.529. The standard InChI is InChI=1S/C17H23BrN2O3.ClH/c1-11-7-12(9-19)10-20(11)17(22)6-4-15(21)14-8-13(18)3-5-16(14)23-2;/h3,5,8,11-12H,4,6-7,9-10,19H2,1-2H3;1H. The van der Waals surface area contributed by atoms with E-state index in [-0.39, 0.29) is 43.0 Å². The fourth-order valence-corrected chi connectivity index (χ4v) is 3.42. The van der Waals surface area contributed by atoms with E-state index in [4.69, 9.17) is 10.5 Å². The van der Waals surface area contributed by atoms with Crippen LogP contribution in [-0.4, -0.2) is 42.8 Å². The summed E-state index contributed by atoms with van der Waals surface area (Å²) in [6.45, 7) is 3.33. The van der Waals surface area contributed by atoms with Crippen molar-refractivity contribution in [2.75, 3.05) is 20.2 Å². The first kappa shape index (κ1) is 20.9. The van der Waals surface area contributed by atoms with Gasteiger partial charge in [0.15, 0.2) is 5.78 Å². The summed E-state index contributed by atoms with van der Waals surface area (Å²) in [6.07, 6.45) is 1.34. The zero-order valence-electron chi connectivity index (χ0n) is 14.0. The average molecular weight is 420 g/mol. The molecule has 7 heteroatoms. The maximum atomic E-state index is 12.4. The van der Waals surface area contributed by atoms with Crippen LogP contribution in [0.4, 0.5) is 0 Å². The predicted octanol–water partition coefficient (Wildman–Crippen LogP) is 3.04. The minimum absolute atomic E-state index is 0. The van der Waals surface area contributed by atoms with Crippen LogP contribution in [0.2, 0.25) is 0 Å². The summed E-state index contributed by atoms with van der Waals surface area (Å²) in [7, 11) is 1.53. The van der Waals surface area contributed by atoms with Gasteiger partial charge >= 0.3 is 0 Å². The average Bonchev–Trinajstić information content (AvgIpc) is 2.93. The van der Waals surface area contributed by atoms with Gasteiger partial charge in [-0.2, -0.15) is 0 Å². The van der Waals surface area contributed by atoms with Crippen LogP contribution in [-0.2, 0) is 4.79 Å². The van der Waals surface area contributed by atoms with Gasteiger partial charge in [0, 0.05) is 29.9 Å². The minimum atomic E-state index is -0.0845. The number of Topliss-reactive ketones (excluding diaryl/α,β-unsaturated/α-hetero) is 1. The molecule has 2 N–H and O–H groups in total. The fourth-order valence-electron chi connectivity index (χ4n) is 3.06. The van der Waals surface area contributed by atoms with Crippen LogP contribution in [0.25, 0.3) is 0 Å². The Hall–Kier alpha value is -1.11. The number of nitrogens with zero attached hydrogens (tertiary/aromatic N) is 1. The first-order valence-electron chi connectivity index (χ1n) is 7.82. The number of benzene rings is 1. The predicted molar refractivity (Wildman–Crippen MR) is 99.8 cm³/mol. The van der Waals surface area contributed by atoms with Crippen LogP contribution in [0.5, 0.6) is 5.75 Å². The number of halogens is 2. The van der Waals surface area contributed by atoms with Gasteiger partial charge in [0.05, 0.1) is 12.7 Å². The van der Waals surface area contributed by atoms with E-state index in [2.05, 4.69) is 15.9 Å². The molecule has 1 aliphatic heterocycles. The van der Waals surface area contributed by atoms with E-state index in [1.54, 1.807) is 12.1 Å². The molecule has 5 nitrogen and oxygen atoms in total. The lowest BCUT2D eigenvalue weighted by Gasteiger charge is -2.21. The molecule has 2 unspecified atom stereocenters. The Morgan fingerprint density at radius 3 is 2.67 bits per heavy atom. The molecule has 1 amide bonds. The van der Waals surface area contributed by atoms with Gasteiger partial charge in [0.25, 0.3) is 0 Å². The number of nitrogens with two attached hydrogens (primary N) is 1. The van der Waals surface area contributed by atoms with Crippen LogP contribution in [0.1, 0.15) is 36.5 Å². The molecule has 2 atom stereocenters. The number of hydrogen-bond acceptors (Lipinski definition) is 4. The quantitative estimate of drug-likeness (QED) is 0.719. The lowest BCUT2D eigenvalue weighted by molar-refractivity contribution is -0.131. The summed E-state index contributed by atoms with van der Waals surface area (Å²) in [5.41, 5.74) is 6.20. The van der Waals surface area contributed by atoms with E-state index < -0.39 is 0 Å². The third kappa shape index (κ3) is 4.94. The molecule has 134 valence electrons. The maximum Gasteiger partial charge on any atom is 0.223 e. The first-order chi connectivity index (χ1) is 11.0. The Labute approximate surface area is 157 Å². The lowest BCUT2D eigenvalue weighted by atomic mass is 10.0. The van der Waals surface area contributed by atoms with Crippen LogP contribution < -0.4 is 10.5 Å². The number of carbonyl (C=O) groups is 2. The van der Waals surface area contributed by atoms with E-state index in [1.165, 1.54) is 7.11 Å². The summed E-state index contributed by atoms with van der Waals surface area (Å²) < 4.78 is 6.03. The number of hydrogen-bond donors (Lipinski definition) is 1. The molecule has 0 saturated carbocycles. The summed E-state index contributed by atoms with van der Waals surface area (Å²) in [5, 5.41) is 0. The topological polar surface area (TPSA) is 72.6 Å². The lowest BCUT2D eigenvalue weighted by Crippen LogP contribution is -2.34. The van der Waals surface area contributed by atoms with Crippen molar-refractivity contribution in [2.45, 2.75) is 32.2 Å². The Morgan fingerprint density at radius 2 is 2.08 bits per heavy atom. The number of amides is 1. The normalized spacial score (nSPS) is 19.8. The second-order valence-electron chi connectivity index (χ2n) is 6.00. The summed E-state index contributed by atoms with van der Waals surface area (Å²) >= 11 is 3.36. The molecular weight excluding hydrogens is 396 g/mol. The SMILES string of the molecule is COc1ccc(Br)cc1C(=O)CCC(=O)N1CC(CN)CC1C.Cl. The van der Waals surface area contributed by atoms with Gasteiger partial charge in [-0.05, 0) is 44.0 Å². The molecule has 1 heterocycles. The highest BCUT2D eigenvalue weighted by atomic mass is 79.9. The zero-order valence-corrected chi connectivity index (χ0v) is 16.4. The molecule has 0 aromatic heterocycles. The summed E-state index contributed by atoms with van der Waals surface area (Å²) in [6, 6.07) is 5.49. The molecule has 2 rings (SSSR count).